The zero-order valence-electron chi connectivity index (χ0n) is 14.9. The molecule has 2 N–H and O–H groups in total. The van der Waals surface area contributed by atoms with E-state index in [-0.39, 0.29) is 10.5 Å². The van der Waals surface area contributed by atoms with Crippen LogP contribution in [0.1, 0.15) is 36.0 Å². The number of aliphatic imine (C=N–C) groups is 1. The van der Waals surface area contributed by atoms with Crippen molar-refractivity contribution in [3.8, 4) is 0 Å². The molecule has 28 heavy (non-hydrogen) atoms. The highest BCUT2D eigenvalue weighted by Gasteiger charge is 2.18. The monoisotopic (exact) mass is 467 g/mol. The number of amides is 1. The topological polar surface area (TPSA) is 87.6 Å². The molecule has 1 aliphatic heterocycles. The molecule has 0 spiro atoms. The van der Waals surface area contributed by atoms with Crippen molar-refractivity contribution in [1.82, 2.24) is 4.72 Å². The largest absolute Gasteiger partial charge is 0.322 e. The summed E-state index contributed by atoms with van der Waals surface area (Å²) in [7, 11) is -3.74. The first kappa shape index (κ1) is 20.5. The van der Waals surface area contributed by atoms with Crippen molar-refractivity contribution in [3.63, 3.8) is 0 Å². The molecule has 0 atom stereocenters. The van der Waals surface area contributed by atoms with E-state index in [4.69, 9.17) is 0 Å². The number of hydrogen-bond acceptors (Lipinski definition) is 4. The first-order valence-corrected chi connectivity index (χ1v) is 11.1. The average molecular weight is 468 g/mol. The van der Waals surface area contributed by atoms with Gasteiger partial charge in [-0.1, -0.05) is 6.42 Å². The molecule has 6 nitrogen and oxygen atoms in total. The quantitative estimate of drug-likeness (QED) is 0.709. The summed E-state index contributed by atoms with van der Waals surface area (Å²) in [6, 6.07) is 9.57. The summed E-state index contributed by atoms with van der Waals surface area (Å²) in [6.45, 7) is 0.623. The number of nitrogens with one attached hydrogen (secondary N) is 2. The van der Waals surface area contributed by atoms with E-state index in [0.29, 0.717) is 29.0 Å². The second-order valence-electron chi connectivity index (χ2n) is 6.35. The van der Waals surface area contributed by atoms with Gasteiger partial charge < -0.3 is 5.32 Å². The van der Waals surface area contributed by atoms with E-state index in [1.165, 1.54) is 36.4 Å². The second kappa shape index (κ2) is 8.83. The zero-order valence-corrected chi connectivity index (χ0v) is 17.3. The molecular weight excluding hydrogens is 449 g/mol. The fourth-order valence-electron chi connectivity index (χ4n) is 2.76. The number of amidine groups is 1. The van der Waals surface area contributed by atoms with Gasteiger partial charge in [-0.05, 0) is 71.2 Å². The molecule has 0 aromatic heterocycles. The van der Waals surface area contributed by atoms with E-state index in [9.17, 15) is 17.6 Å². The van der Waals surface area contributed by atoms with Gasteiger partial charge in [0.25, 0.3) is 15.9 Å². The number of carbonyl (C=O) groups excluding carboxylic acids is 1. The normalized spacial score (nSPS) is 14.7. The minimum Gasteiger partial charge on any atom is -0.322 e. The van der Waals surface area contributed by atoms with Crippen molar-refractivity contribution in [2.45, 2.75) is 30.6 Å². The lowest BCUT2D eigenvalue weighted by atomic mass is 10.2. The van der Waals surface area contributed by atoms with Crippen LogP contribution in [0.3, 0.4) is 0 Å². The number of halogens is 2. The first-order chi connectivity index (χ1) is 13.3. The minimum atomic E-state index is -3.74. The molecular formula is C19H19BrFN3O3S. The Hall–Kier alpha value is -2.26. The Balaban J connectivity index is 1.71. The van der Waals surface area contributed by atoms with Crippen LogP contribution in [-0.2, 0) is 10.0 Å². The molecule has 1 amide bonds. The third-order valence-corrected chi connectivity index (χ3v) is 6.31. The van der Waals surface area contributed by atoms with Gasteiger partial charge in [-0.3, -0.25) is 14.5 Å². The van der Waals surface area contributed by atoms with E-state index < -0.39 is 21.7 Å². The summed E-state index contributed by atoms with van der Waals surface area (Å²) in [5.41, 5.74) is 0.539. The molecule has 3 rings (SSSR count). The summed E-state index contributed by atoms with van der Waals surface area (Å²) in [6.07, 6.45) is 3.50. The summed E-state index contributed by atoms with van der Waals surface area (Å²) in [4.78, 5) is 16.7. The zero-order chi connectivity index (χ0) is 20.1. The van der Waals surface area contributed by atoms with E-state index in [0.717, 1.165) is 25.3 Å². The lowest BCUT2D eigenvalue weighted by Crippen LogP contribution is -2.30. The predicted octanol–water partition coefficient (Wildman–Crippen LogP) is 4.09. The fourth-order valence-corrected chi connectivity index (χ4v) is 4.27. The van der Waals surface area contributed by atoms with Crippen molar-refractivity contribution in [2.75, 3.05) is 11.9 Å². The van der Waals surface area contributed by atoms with E-state index in [1.807, 2.05) is 0 Å². The molecule has 0 saturated heterocycles. The van der Waals surface area contributed by atoms with Crippen LogP contribution in [0.4, 0.5) is 10.1 Å². The molecule has 2 aromatic carbocycles. The van der Waals surface area contributed by atoms with Crippen molar-refractivity contribution < 1.29 is 17.6 Å². The van der Waals surface area contributed by atoms with Gasteiger partial charge in [0.15, 0.2) is 0 Å². The van der Waals surface area contributed by atoms with Gasteiger partial charge in [-0.2, -0.15) is 0 Å². The maximum atomic E-state index is 13.4. The first-order valence-electron chi connectivity index (χ1n) is 8.78. The minimum absolute atomic E-state index is 0.0735. The van der Waals surface area contributed by atoms with Gasteiger partial charge in [-0.15, -0.1) is 0 Å². The second-order valence-corrected chi connectivity index (χ2v) is 8.88. The molecule has 0 bridgehead atoms. The average Bonchev–Trinajstić information content (AvgIpc) is 2.92. The molecule has 1 heterocycles. The number of carbonyl (C=O) groups is 1. The molecule has 0 saturated carbocycles. The van der Waals surface area contributed by atoms with Gasteiger partial charge >= 0.3 is 0 Å². The fraction of sp³-hybridized carbons (Fsp3) is 0.263. The number of sulfonamides is 1. The van der Waals surface area contributed by atoms with E-state index in [1.54, 1.807) is 0 Å². The maximum Gasteiger partial charge on any atom is 0.262 e. The molecule has 0 aliphatic carbocycles. The van der Waals surface area contributed by atoms with Crippen LogP contribution in [0.5, 0.6) is 0 Å². The molecule has 1 aliphatic rings. The predicted molar refractivity (Wildman–Crippen MR) is 110 cm³/mol. The highest BCUT2D eigenvalue weighted by Crippen LogP contribution is 2.20. The van der Waals surface area contributed by atoms with Crippen molar-refractivity contribution in [2.24, 2.45) is 4.99 Å². The smallest absolute Gasteiger partial charge is 0.262 e. The molecule has 9 heteroatoms. The molecule has 2 aromatic rings. The molecule has 148 valence electrons. The van der Waals surface area contributed by atoms with Crippen LogP contribution in [0.15, 0.2) is 56.8 Å². The Morgan fingerprint density at radius 3 is 2.57 bits per heavy atom. The summed E-state index contributed by atoms with van der Waals surface area (Å²) in [5.74, 6) is -0.555. The Labute approximate surface area is 171 Å². The number of benzene rings is 2. The SMILES string of the molecule is O=C(Nc1ccc(S(=O)(=O)NC2=NCCCCC2)cc1)c1cc(F)ccc1Br. The Morgan fingerprint density at radius 2 is 1.82 bits per heavy atom. The summed E-state index contributed by atoms with van der Waals surface area (Å²) < 4.78 is 41.4. The van der Waals surface area contributed by atoms with Gasteiger partial charge in [0, 0.05) is 23.1 Å². The Bertz CT molecular complexity index is 1010. The van der Waals surface area contributed by atoms with Crippen molar-refractivity contribution in [3.05, 3.63) is 58.3 Å². The molecule has 0 unspecified atom stereocenters. The molecule has 0 fully saturated rings. The lowest BCUT2D eigenvalue weighted by Gasteiger charge is -2.11. The number of rotatable bonds is 4. The molecule has 0 radical (unpaired) electrons. The lowest BCUT2D eigenvalue weighted by molar-refractivity contribution is 0.102. The Morgan fingerprint density at radius 1 is 1.07 bits per heavy atom. The van der Waals surface area contributed by atoms with Gasteiger partial charge in [0.2, 0.25) is 0 Å². The third kappa shape index (κ3) is 5.17. The highest BCUT2D eigenvalue weighted by molar-refractivity contribution is 9.10. The summed E-state index contributed by atoms with van der Waals surface area (Å²) >= 11 is 3.21. The van der Waals surface area contributed by atoms with E-state index in [2.05, 4.69) is 31.0 Å². The third-order valence-electron chi connectivity index (χ3n) is 4.22. The van der Waals surface area contributed by atoms with Crippen LogP contribution in [0.2, 0.25) is 0 Å². The number of hydrogen-bond donors (Lipinski definition) is 2. The van der Waals surface area contributed by atoms with Gasteiger partial charge in [0.1, 0.15) is 11.7 Å². The van der Waals surface area contributed by atoms with Crippen LogP contribution in [0, 0.1) is 5.82 Å². The standard InChI is InChI=1S/C19H19BrFN3O3S/c20-17-10-5-13(21)12-16(17)19(25)23-14-6-8-15(9-7-14)28(26,27)24-18-4-2-1-3-11-22-18/h5-10,12H,1-4,11H2,(H,22,24)(H,23,25). The van der Waals surface area contributed by atoms with Crippen molar-refractivity contribution >= 4 is 43.4 Å². The van der Waals surface area contributed by atoms with Crippen LogP contribution < -0.4 is 10.0 Å². The van der Waals surface area contributed by atoms with Crippen molar-refractivity contribution in [1.29, 1.82) is 0 Å². The van der Waals surface area contributed by atoms with Crippen LogP contribution in [0.25, 0.3) is 0 Å². The van der Waals surface area contributed by atoms with Gasteiger partial charge in [0.05, 0.1) is 10.5 Å². The number of anilines is 1. The summed E-state index contributed by atoms with van der Waals surface area (Å²) in [5, 5.41) is 2.62. The number of nitrogens with zero attached hydrogens (tertiary/aromatic N) is 1. The van der Waals surface area contributed by atoms with E-state index >= 15 is 0 Å². The van der Waals surface area contributed by atoms with Crippen LogP contribution in [-0.4, -0.2) is 26.7 Å². The van der Waals surface area contributed by atoms with Crippen LogP contribution >= 0.6 is 15.9 Å². The van der Waals surface area contributed by atoms with Gasteiger partial charge in [-0.25, -0.2) is 12.8 Å². The maximum absolute atomic E-state index is 13.4. The highest BCUT2D eigenvalue weighted by atomic mass is 79.9. The Kier molecular flexibility index (Phi) is 6.46.